The van der Waals surface area contributed by atoms with Gasteiger partial charge in [-0.25, -0.2) is 7.11 Å². The number of unbranched alkanes of at least 4 members (excludes halogenated alkanes) is 9. The van der Waals surface area contributed by atoms with Crippen molar-refractivity contribution in [3.05, 3.63) is 42.8 Å². The molecule has 1 aromatic rings. The van der Waals surface area contributed by atoms with E-state index in [4.69, 9.17) is 19.5 Å². The van der Waals surface area contributed by atoms with Crippen molar-refractivity contribution in [2.24, 2.45) is 0 Å². The maximum absolute atomic E-state index is 11.9. The maximum Gasteiger partial charge on any atom is 2.00 e. The summed E-state index contributed by atoms with van der Waals surface area (Å²) in [4.78, 5) is 0.238. The Labute approximate surface area is 206 Å². The zero-order valence-corrected chi connectivity index (χ0v) is 21.6. The third kappa shape index (κ3) is 24.2. The van der Waals surface area contributed by atoms with Crippen LogP contribution in [0.2, 0.25) is 0 Å². The van der Waals surface area contributed by atoms with E-state index in [2.05, 4.69) is 19.4 Å². The Morgan fingerprint density at radius 2 is 1.25 bits per heavy atom. The van der Waals surface area contributed by atoms with Crippen LogP contribution in [0.5, 0.6) is 0 Å². The molecule has 0 saturated heterocycles. The standard InChI is InChI=1S/C18H30O3S.C4H10NO2.CH3O.Cr/c1-2-3-4-5-6-7-8-9-10-14-17-21-22(19,20)18-15-12-11-13-16-18;6-3-1-5-2-4-7;1-2;/h11-13,15-16H,2-10,14,17H2,1H3;6-7H,1-4H2;2H,1H2;/q;2*-1;+2. The second-order valence-corrected chi connectivity index (χ2v) is 8.50. The number of benzene rings is 1. The number of hydrogen-bond donors (Lipinski definition) is 3. The van der Waals surface area contributed by atoms with Gasteiger partial charge in [-0.3, -0.25) is 4.18 Å². The predicted molar refractivity (Wildman–Crippen MR) is 126 cm³/mol. The Bertz CT molecular complexity index is 557. The van der Waals surface area contributed by atoms with E-state index in [-0.39, 0.29) is 42.1 Å². The minimum absolute atomic E-state index is 0. The van der Waals surface area contributed by atoms with Gasteiger partial charge < -0.3 is 20.6 Å². The molecule has 3 N–H and O–H groups in total. The fourth-order valence-corrected chi connectivity index (χ4v) is 3.63. The van der Waals surface area contributed by atoms with Gasteiger partial charge >= 0.3 is 17.4 Å². The zero-order chi connectivity index (χ0) is 23.6. The molecule has 1 aromatic carbocycles. The average molecular weight is 514 g/mol. The van der Waals surface area contributed by atoms with Crippen molar-refractivity contribution < 1.29 is 45.3 Å². The normalized spacial score (nSPS) is 10.3. The Morgan fingerprint density at radius 1 is 0.812 bits per heavy atom. The summed E-state index contributed by atoms with van der Waals surface area (Å²) in [5, 5.41) is 26.7. The smallest absolute Gasteiger partial charge is 0.659 e. The molecule has 1 rings (SSSR count). The molecule has 0 fully saturated rings. The van der Waals surface area contributed by atoms with Crippen LogP contribution in [-0.4, -0.2) is 56.6 Å². The molecule has 7 nitrogen and oxygen atoms in total. The molecule has 0 spiro atoms. The van der Waals surface area contributed by atoms with Crippen LogP contribution in [-0.2, 0) is 31.7 Å². The number of rotatable bonds is 17. The largest absolute Gasteiger partial charge is 2.00 e. The summed E-state index contributed by atoms with van der Waals surface area (Å²) in [7, 11) is -1.32. The Hall–Kier alpha value is -0.498. The van der Waals surface area contributed by atoms with E-state index in [9.17, 15) is 8.42 Å². The second-order valence-electron chi connectivity index (χ2n) is 6.89. The zero-order valence-electron chi connectivity index (χ0n) is 19.5. The molecule has 0 heterocycles. The predicted octanol–water partition coefficient (Wildman–Crippen LogP) is 4.81. The molecule has 0 aromatic heterocycles. The van der Waals surface area contributed by atoms with E-state index in [0.717, 1.165) is 12.8 Å². The first kappa shape index (κ1) is 36.1. The number of nitrogens with zero attached hydrogens (tertiary/aromatic N) is 1. The second kappa shape index (κ2) is 28.5. The molecule has 0 saturated carbocycles. The minimum Gasteiger partial charge on any atom is -0.659 e. The van der Waals surface area contributed by atoms with Crippen LogP contribution in [0.3, 0.4) is 0 Å². The Kier molecular flexibility index (Phi) is 32.2. The van der Waals surface area contributed by atoms with E-state index >= 15 is 0 Å². The first-order chi connectivity index (χ1) is 15.1. The number of aliphatic hydroxyl groups excluding tert-OH is 3. The van der Waals surface area contributed by atoms with Crippen molar-refractivity contribution in [3.63, 3.8) is 0 Å². The summed E-state index contributed by atoms with van der Waals surface area (Å²) < 4.78 is 28.8. The fourth-order valence-electron chi connectivity index (χ4n) is 2.67. The van der Waals surface area contributed by atoms with Crippen LogP contribution in [0.1, 0.15) is 71.1 Å². The summed E-state index contributed by atoms with van der Waals surface area (Å²) in [6.07, 6.45) is 12.3. The van der Waals surface area contributed by atoms with Gasteiger partial charge in [0.05, 0.1) is 11.5 Å². The fraction of sp³-hybridized carbons (Fsp3) is 0.696. The summed E-state index contributed by atoms with van der Waals surface area (Å²) in [6, 6.07) is 8.33. The molecule has 0 bridgehead atoms. The van der Waals surface area contributed by atoms with Crippen LogP contribution in [0.15, 0.2) is 35.2 Å². The van der Waals surface area contributed by atoms with E-state index < -0.39 is 10.1 Å². The van der Waals surface area contributed by atoms with Gasteiger partial charge in [-0.2, -0.15) is 8.42 Å². The van der Waals surface area contributed by atoms with Gasteiger partial charge in [0.1, 0.15) is 0 Å². The SMILES string of the molecule is CCCCCCCCCCCCOS(=O)(=O)c1ccccc1.OCC[N-]CCO.[CH2-]O.[Cr+2]. The van der Waals surface area contributed by atoms with Crippen molar-refractivity contribution in [2.45, 2.75) is 76.0 Å². The minimum atomic E-state index is -3.57. The average Bonchev–Trinajstić information content (AvgIpc) is 2.80. The topological polar surface area (TPSA) is 118 Å². The first-order valence-corrected chi connectivity index (χ1v) is 12.6. The molecule has 0 atom stereocenters. The van der Waals surface area contributed by atoms with Gasteiger partial charge in [0, 0.05) is 13.2 Å². The molecule has 0 aliphatic carbocycles. The molecule has 0 unspecified atom stereocenters. The van der Waals surface area contributed by atoms with E-state index in [1.165, 1.54) is 51.4 Å². The van der Waals surface area contributed by atoms with Gasteiger partial charge in [-0.15, -0.1) is 13.1 Å². The molecule has 0 radical (unpaired) electrons. The molecule has 188 valence electrons. The summed E-state index contributed by atoms with van der Waals surface area (Å²) >= 11 is 0. The van der Waals surface area contributed by atoms with Crippen LogP contribution < -0.4 is 0 Å². The number of hydrogen-bond acceptors (Lipinski definition) is 6. The van der Waals surface area contributed by atoms with Gasteiger partial charge in [0.2, 0.25) is 0 Å². The first-order valence-electron chi connectivity index (χ1n) is 11.2. The molecule has 9 heteroatoms. The van der Waals surface area contributed by atoms with Gasteiger partial charge in [-0.1, -0.05) is 82.9 Å². The molecule has 0 amide bonds. The van der Waals surface area contributed by atoms with E-state index in [0.29, 0.717) is 13.1 Å². The van der Waals surface area contributed by atoms with Crippen molar-refractivity contribution in [3.8, 4) is 0 Å². The quantitative estimate of drug-likeness (QED) is 0.156. The number of aliphatic hydroxyl groups is 3. The molecule has 32 heavy (non-hydrogen) atoms. The van der Waals surface area contributed by atoms with Crippen LogP contribution in [0.4, 0.5) is 0 Å². The summed E-state index contributed by atoms with van der Waals surface area (Å²) in [5.74, 6) is 0. The van der Waals surface area contributed by atoms with Crippen molar-refractivity contribution in [2.75, 3.05) is 32.9 Å². The summed E-state index contributed by atoms with van der Waals surface area (Å²) in [5.41, 5.74) is 0. The molecule has 0 aliphatic rings. The van der Waals surface area contributed by atoms with Gasteiger partial charge in [-0.05, 0) is 18.6 Å². The summed E-state index contributed by atoms with van der Waals surface area (Å²) in [6.45, 7) is 3.58. The van der Waals surface area contributed by atoms with Gasteiger partial charge in [0.15, 0.2) is 0 Å². The maximum atomic E-state index is 11.9. The van der Waals surface area contributed by atoms with E-state index in [1.807, 2.05) is 0 Å². The third-order valence-corrected chi connectivity index (χ3v) is 5.61. The molecular weight excluding hydrogens is 470 g/mol. The van der Waals surface area contributed by atoms with Crippen LogP contribution in [0, 0.1) is 7.11 Å². The Morgan fingerprint density at radius 3 is 1.69 bits per heavy atom. The monoisotopic (exact) mass is 513 g/mol. The molecule has 0 aliphatic heterocycles. The Balaban J connectivity index is -0.000000717. The van der Waals surface area contributed by atoms with E-state index in [1.54, 1.807) is 30.3 Å². The van der Waals surface area contributed by atoms with Crippen LogP contribution in [0.25, 0.3) is 5.32 Å². The van der Waals surface area contributed by atoms with Crippen molar-refractivity contribution in [1.29, 1.82) is 0 Å². The third-order valence-electron chi connectivity index (χ3n) is 4.28. The van der Waals surface area contributed by atoms with Crippen molar-refractivity contribution in [1.82, 2.24) is 0 Å². The van der Waals surface area contributed by atoms with Crippen LogP contribution >= 0.6 is 0 Å². The van der Waals surface area contributed by atoms with Gasteiger partial charge in [0.25, 0.3) is 10.1 Å². The van der Waals surface area contributed by atoms with Crippen molar-refractivity contribution >= 4 is 10.1 Å². The molecular formula is C23H43CrNO6S.